The molecule has 0 bridgehead atoms. The van der Waals surface area contributed by atoms with Crippen LogP contribution in [0, 0.1) is 0 Å². The van der Waals surface area contributed by atoms with Gasteiger partial charge in [-0.25, -0.2) is 10.0 Å². The van der Waals surface area contributed by atoms with Crippen LogP contribution in [0.2, 0.25) is 0 Å². The average molecular weight is 368 g/mol. The summed E-state index contributed by atoms with van der Waals surface area (Å²) in [5.41, 5.74) is 0. The highest BCUT2D eigenvalue weighted by molar-refractivity contribution is 5.90. The molecule has 26 heavy (non-hydrogen) atoms. The van der Waals surface area contributed by atoms with E-state index in [1.807, 2.05) is 0 Å². The van der Waals surface area contributed by atoms with Gasteiger partial charge in [-0.2, -0.15) is 0 Å². The third-order valence-corrected chi connectivity index (χ3v) is 4.17. The summed E-state index contributed by atoms with van der Waals surface area (Å²) in [7, 11) is 0. The fourth-order valence-electron chi connectivity index (χ4n) is 2.59. The normalized spacial score (nSPS) is 10.7. The predicted octanol–water partition coefficient (Wildman–Crippen LogP) is 4.36. The standard InChI is InChI=1S/C19H32N2O5/c1-2-3-4-5-6-7-8-9-10-11-14-25-18(22)12-13-21(24)19(23)17-15-20-16-26-17/h15-16,24H,2-14H2,1H3. The van der Waals surface area contributed by atoms with Crippen molar-refractivity contribution < 1.29 is 24.0 Å². The monoisotopic (exact) mass is 368 g/mol. The van der Waals surface area contributed by atoms with Crippen molar-refractivity contribution >= 4 is 11.9 Å². The van der Waals surface area contributed by atoms with Crippen LogP contribution in [0.3, 0.4) is 0 Å². The number of hydroxylamine groups is 2. The van der Waals surface area contributed by atoms with E-state index in [-0.39, 0.29) is 18.7 Å². The van der Waals surface area contributed by atoms with E-state index >= 15 is 0 Å². The minimum absolute atomic E-state index is 0.0614. The summed E-state index contributed by atoms with van der Waals surface area (Å²) in [5.74, 6) is -1.23. The van der Waals surface area contributed by atoms with Crippen LogP contribution in [0.4, 0.5) is 0 Å². The summed E-state index contributed by atoms with van der Waals surface area (Å²) in [6.45, 7) is 2.47. The molecule has 0 aromatic carbocycles. The highest BCUT2D eigenvalue weighted by Gasteiger charge is 2.18. The molecular formula is C19H32N2O5. The molecule has 0 spiro atoms. The van der Waals surface area contributed by atoms with Crippen molar-refractivity contribution in [1.29, 1.82) is 0 Å². The van der Waals surface area contributed by atoms with Gasteiger partial charge in [-0.05, 0) is 6.42 Å². The molecule has 0 aliphatic carbocycles. The molecule has 148 valence electrons. The first-order valence-electron chi connectivity index (χ1n) is 9.70. The number of carbonyl (C=O) groups excluding carboxylic acids is 2. The Kier molecular flexibility index (Phi) is 12.2. The Morgan fingerprint density at radius 3 is 2.27 bits per heavy atom. The molecule has 0 fully saturated rings. The molecule has 1 aromatic rings. The van der Waals surface area contributed by atoms with Gasteiger partial charge in [-0.15, -0.1) is 0 Å². The molecule has 1 rings (SSSR count). The lowest BCUT2D eigenvalue weighted by molar-refractivity contribution is -0.146. The summed E-state index contributed by atoms with van der Waals surface area (Å²) in [4.78, 5) is 26.9. The molecule has 0 saturated carbocycles. The van der Waals surface area contributed by atoms with Crippen molar-refractivity contribution in [3.63, 3.8) is 0 Å². The van der Waals surface area contributed by atoms with E-state index in [9.17, 15) is 14.8 Å². The molecule has 0 saturated heterocycles. The number of oxazole rings is 1. The molecule has 7 heteroatoms. The maximum absolute atomic E-state index is 11.7. The Labute approximate surface area is 155 Å². The van der Waals surface area contributed by atoms with Gasteiger partial charge in [0.25, 0.3) is 0 Å². The molecule has 1 aromatic heterocycles. The smallest absolute Gasteiger partial charge is 0.314 e. The van der Waals surface area contributed by atoms with Crippen molar-refractivity contribution in [2.75, 3.05) is 13.2 Å². The van der Waals surface area contributed by atoms with E-state index in [2.05, 4.69) is 11.9 Å². The van der Waals surface area contributed by atoms with Crippen molar-refractivity contribution in [3.8, 4) is 0 Å². The summed E-state index contributed by atoms with van der Waals surface area (Å²) in [6.07, 6.45) is 14.5. The van der Waals surface area contributed by atoms with Gasteiger partial charge in [0.1, 0.15) is 0 Å². The molecule has 1 amide bonds. The molecule has 1 N–H and O–H groups in total. The first-order chi connectivity index (χ1) is 12.6. The van der Waals surface area contributed by atoms with Crippen LogP contribution >= 0.6 is 0 Å². The minimum Gasteiger partial charge on any atom is -0.466 e. The first kappa shape index (κ1) is 22.2. The van der Waals surface area contributed by atoms with Gasteiger partial charge in [-0.3, -0.25) is 14.8 Å². The zero-order valence-electron chi connectivity index (χ0n) is 15.8. The molecule has 7 nitrogen and oxygen atoms in total. The topological polar surface area (TPSA) is 92.9 Å². The second-order valence-corrected chi connectivity index (χ2v) is 6.45. The van der Waals surface area contributed by atoms with Crippen LogP contribution in [0.25, 0.3) is 0 Å². The van der Waals surface area contributed by atoms with E-state index < -0.39 is 11.9 Å². The van der Waals surface area contributed by atoms with Crippen LogP contribution in [-0.2, 0) is 9.53 Å². The summed E-state index contributed by atoms with van der Waals surface area (Å²) in [6, 6.07) is 0. The zero-order valence-corrected chi connectivity index (χ0v) is 15.8. The van der Waals surface area contributed by atoms with Crippen molar-refractivity contribution in [1.82, 2.24) is 10.0 Å². The van der Waals surface area contributed by atoms with E-state index in [0.29, 0.717) is 11.7 Å². The Balaban J connectivity index is 1.93. The van der Waals surface area contributed by atoms with E-state index in [1.165, 1.54) is 57.6 Å². The number of rotatable bonds is 15. The SMILES string of the molecule is CCCCCCCCCCCCOC(=O)CCN(O)C(=O)c1cnco1. The summed E-state index contributed by atoms with van der Waals surface area (Å²) < 4.78 is 9.90. The fraction of sp³-hybridized carbons (Fsp3) is 0.737. The molecule has 1 heterocycles. The molecule has 0 aliphatic rings. The molecule has 0 atom stereocenters. The van der Waals surface area contributed by atoms with Crippen molar-refractivity contribution in [2.24, 2.45) is 0 Å². The minimum atomic E-state index is -0.731. The van der Waals surface area contributed by atoms with E-state index in [4.69, 9.17) is 9.15 Å². The van der Waals surface area contributed by atoms with Gasteiger partial charge in [-0.1, -0.05) is 64.7 Å². The average Bonchev–Trinajstić information content (AvgIpc) is 3.18. The number of ether oxygens (including phenoxy) is 1. The highest BCUT2D eigenvalue weighted by Crippen LogP contribution is 2.10. The van der Waals surface area contributed by atoms with Crippen LogP contribution in [0.1, 0.15) is 88.1 Å². The number of unbranched alkanes of at least 4 members (excludes halogenated alkanes) is 9. The fourth-order valence-corrected chi connectivity index (χ4v) is 2.59. The van der Waals surface area contributed by atoms with Gasteiger partial charge in [0, 0.05) is 0 Å². The number of amides is 1. The maximum atomic E-state index is 11.7. The quantitative estimate of drug-likeness (QED) is 0.214. The molecule has 0 unspecified atom stereocenters. The van der Waals surface area contributed by atoms with Gasteiger partial charge < -0.3 is 9.15 Å². The summed E-state index contributed by atoms with van der Waals surface area (Å²) >= 11 is 0. The van der Waals surface area contributed by atoms with Crippen molar-refractivity contribution in [3.05, 3.63) is 18.4 Å². The number of aromatic nitrogens is 1. The largest absolute Gasteiger partial charge is 0.466 e. The first-order valence-corrected chi connectivity index (χ1v) is 9.70. The van der Waals surface area contributed by atoms with Crippen LogP contribution in [-0.4, -0.2) is 40.3 Å². The number of esters is 1. The number of hydrogen-bond donors (Lipinski definition) is 1. The number of hydrogen-bond acceptors (Lipinski definition) is 6. The third kappa shape index (κ3) is 10.2. The Morgan fingerprint density at radius 1 is 1.08 bits per heavy atom. The maximum Gasteiger partial charge on any atom is 0.314 e. The third-order valence-electron chi connectivity index (χ3n) is 4.17. The molecule has 0 radical (unpaired) electrons. The van der Waals surface area contributed by atoms with E-state index in [1.54, 1.807) is 0 Å². The van der Waals surface area contributed by atoms with Gasteiger partial charge >= 0.3 is 11.9 Å². The van der Waals surface area contributed by atoms with Gasteiger partial charge in [0.05, 0.1) is 25.8 Å². The van der Waals surface area contributed by atoms with Crippen LogP contribution < -0.4 is 0 Å². The molecule has 0 aliphatic heterocycles. The van der Waals surface area contributed by atoms with E-state index in [0.717, 1.165) is 19.2 Å². The summed E-state index contributed by atoms with van der Waals surface area (Å²) in [5, 5.41) is 10.0. The lowest BCUT2D eigenvalue weighted by Gasteiger charge is -2.12. The highest BCUT2D eigenvalue weighted by atomic mass is 16.5. The Bertz CT molecular complexity index is 490. The number of nitrogens with zero attached hydrogens (tertiary/aromatic N) is 2. The Hall–Kier alpha value is -1.89. The van der Waals surface area contributed by atoms with Crippen molar-refractivity contribution in [2.45, 2.75) is 77.6 Å². The lowest BCUT2D eigenvalue weighted by Crippen LogP contribution is -2.29. The lowest BCUT2D eigenvalue weighted by atomic mass is 10.1. The Morgan fingerprint density at radius 2 is 1.69 bits per heavy atom. The number of carbonyl (C=O) groups is 2. The predicted molar refractivity (Wildman–Crippen MR) is 96.7 cm³/mol. The van der Waals surface area contributed by atoms with Crippen LogP contribution in [0.15, 0.2) is 17.0 Å². The molecular weight excluding hydrogens is 336 g/mol. The second kappa shape index (κ2) is 14.3. The second-order valence-electron chi connectivity index (χ2n) is 6.45. The van der Waals surface area contributed by atoms with Gasteiger partial charge in [0.15, 0.2) is 6.39 Å². The van der Waals surface area contributed by atoms with Crippen LogP contribution in [0.5, 0.6) is 0 Å². The zero-order chi connectivity index (χ0) is 19.0. The van der Waals surface area contributed by atoms with Gasteiger partial charge in [0.2, 0.25) is 5.76 Å².